The fourth-order valence-corrected chi connectivity index (χ4v) is 6.14. The minimum Gasteiger partial charge on any atom is -0.277 e. The molecule has 6 nitrogen and oxygen atoms in total. The number of hydrogen-bond donors (Lipinski definition) is 0. The Labute approximate surface area is 236 Å². The second-order valence-corrected chi connectivity index (χ2v) is 12.2. The highest BCUT2D eigenvalue weighted by molar-refractivity contribution is 7.91. The number of nitrogens with zero attached hydrogens (tertiary/aromatic N) is 3. The number of halogens is 6. The smallest absolute Gasteiger partial charge is 0.277 e. The van der Waals surface area contributed by atoms with Crippen LogP contribution in [0.2, 0.25) is 10.0 Å². The fraction of sp³-hybridized carbons (Fsp3) is 0.222. The number of aromatic nitrogens is 3. The first-order chi connectivity index (χ1) is 18.8. The minimum atomic E-state index is -5.32. The van der Waals surface area contributed by atoms with Gasteiger partial charge in [-0.2, -0.15) is 8.78 Å². The number of pyridine rings is 3. The number of benzene rings is 1. The fourth-order valence-electron chi connectivity index (χ4n) is 4.86. The Bertz CT molecular complexity index is 1850. The van der Waals surface area contributed by atoms with Crippen LogP contribution in [0.1, 0.15) is 40.6 Å². The number of rotatable bonds is 6. The van der Waals surface area contributed by atoms with Crippen molar-refractivity contribution in [3.05, 3.63) is 103 Å². The lowest BCUT2D eigenvalue weighted by atomic mass is 10.0. The predicted molar refractivity (Wildman–Crippen MR) is 142 cm³/mol. The molecule has 4 aromatic rings. The molecule has 0 radical (unpaired) electrons. The molecule has 1 aromatic carbocycles. The molecule has 1 saturated carbocycles. The van der Waals surface area contributed by atoms with Gasteiger partial charge >= 0.3 is 5.76 Å². The third-order valence-corrected chi connectivity index (χ3v) is 8.85. The van der Waals surface area contributed by atoms with Gasteiger partial charge in [-0.25, -0.2) is 17.2 Å². The van der Waals surface area contributed by atoms with Gasteiger partial charge in [0.1, 0.15) is 15.6 Å². The molecule has 1 fully saturated rings. The van der Waals surface area contributed by atoms with Gasteiger partial charge in [0.15, 0.2) is 11.6 Å². The summed E-state index contributed by atoms with van der Waals surface area (Å²) in [6.45, 7) is 3.05. The summed E-state index contributed by atoms with van der Waals surface area (Å²) < 4.78 is 82.3. The molecule has 3 heterocycles. The standard InChI is InChI=1S/C27H19Cl2F4N3O3S/c1-12-9-35-24(16-4-3-5-20(22(16)30)40(38,39)27(32)33)23(31)25(12)36-13(2)6-19(21(29)26(36)37)18-8-17(18)14-7-15(28)11-34-10-14/h3-7,9-11,17-18,27H,8H2,1-2H3/t17-,18+/m1/s1. The molecule has 1 aliphatic carbocycles. The Balaban J connectivity index is 1.62. The van der Waals surface area contributed by atoms with E-state index in [4.69, 9.17) is 23.2 Å². The quantitative estimate of drug-likeness (QED) is 0.225. The van der Waals surface area contributed by atoms with Crippen LogP contribution in [0.25, 0.3) is 16.9 Å². The molecule has 1 aliphatic rings. The molecule has 0 N–H and O–H groups in total. The molecule has 0 bridgehead atoms. The molecular weight excluding hydrogens is 593 g/mol. The van der Waals surface area contributed by atoms with Crippen LogP contribution < -0.4 is 5.56 Å². The molecule has 0 amide bonds. The van der Waals surface area contributed by atoms with Crippen molar-refractivity contribution in [2.45, 2.75) is 42.8 Å². The van der Waals surface area contributed by atoms with E-state index in [2.05, 4.69) is 9.97 Å². The van der Waals surface area contributed by atoms with E-state index in [1.165, 1.54) is 13.1 Å². The van der Waals surface area contributed by atoms with Gasteiger partial charge in [-0.3, -0.25) is 19.3 Å². The third kappa shape index (κ3) is 4.69. The summed E-state index contributed by atoms with van der Waals surface area (Å²) in [6.07, 6.45) is 5.07. The SMILES string of the molecule is Cc1cnc(-c2cccc(S(=O)(=O)C(F)F)c2F)c(F)c1-n1c(C)cc([C@H]2C[C@@H]2c2cncc(Cl)c2)c(Cl)c1=O. The summed E-state index contributed by atoms with van der Waals surface area (Å²) in [4.78, 5) is 20.2. The normalized spacial score (nSPS) is 16.9. The molecule has 0 aliphatic heterocycles. The van der Waals surface area contributed by atoms with Crippen LogP contribution in [0.3, 0.4) is 0 Å². The largest absolute Gasteiger partial charge is 0.341 e. The lowest BCUT2D eigenvalue weighted by Crippen LogP contribution is -2.24. The number of aryl methyl sites for hydroxylation is 2. The van der Waals surface area contributed by atoms with Crippen molar-refractivity contribution in [3.8, 4) is 16.9 Å². The first-order valence-electron chi connectivity index (χ1n) is 11.8. The van der Waals surface area contributed by atoms with E-state index in [1.54, 1.807) is 25.3 Å². The van der Waals surface area contributed by atoms with E-state index in [0.717, 1.165) is 28.5 Å². The van der Waals surface area contributed by atoms with E-state index in [1.807, 2.05) is 0 Å². The van der Waals surface area contributed by atoms with Crippen molar-refractivity contribution in [1.82, 2.24) is 14.5 Å². The van der Waals surface area contributed by atoms with E-state index < -0.39 is 48.9 Å². The van der Waals surface area contributed by atoms with Gasteiger partial charge in [-0.15, -0.1) is 0 Å². The lowest BCUT2D eigenvalue weighted by Gasteiger charge is -2.18. The van der Waals surface area contributed by atoms with Crippen molar-refractivity contribution in [2.24, 2.45) is 0 Å². The highest BCUT2D eigenvalue weighted by atomic mass is 35.5. The summed E-state index contributed by atoms with van der Waals surface area (Å²) in [5, 5.41) is 0.357. The Morgan fingerprint density at radius 1 is 1.02 bits per heavy atom. The molecular formula is C27H19Cl2F4N3O3S. The molecule has 3 aromatic heterocycles. The number of hydrogen-bond acceptors (Lipinski definition) is 5. The zero-order valence-corrected chi connectivity index (χ0v) is 23.1. The van der Waals surface area contributed by atoms with Crippen LogP contribution in [0.15, 0.2) is 58.6 Å². The molecule has 208 valence electrons. The van der Waals surface area contributed by atoms with E-state index >= 15 is 8.78 Å². The lowest BCUT2D eigenvalue weighted by molar-refractivity contribution is 0.234. The van der Waals surface area contributed by atoms with Crippen LogP contribution in [0.5, 0.6) is 0 Å². The summed E-state index contributed by atoms with van der Waals surface area (Å²) in [6, 6.07) is 6.12. The van der Waals surface area contributed by atoms with E-state index in [9.17, 15) is 22.0 Å². The topological polar surface area (TPSA) is 81.9 Å². The summed E-state index contributed by atoms with van der Waals surface area (Å²) in [7, 11) is -5.32. The van der Waals surface area contributed by atoms with Crippen LogP contribution in [0, 0.1) is 25.5 Å². The van der Waals surface area contributed by atoms with Crippen LogP contribution in [-0.4, -0.2) is 28.7 Å². The molecule has 2 atom stereocenters. The van der Waals surface area contributed by atoms with Gasteiger partial charge in [0.2, 0.25) is 9.84 Å². The van der Waals surface area contributed by atoms with Crippen molar-refractivity contribution < 1.29 is 26.0 Å². The summed E-state index contributed by atoms with van der Waals surface area (Å²) in [5.74, 6) is -6.66. The highest BCUT2D eigenvalue weighted by Crippen LogP contribution is 2.56. The zero-order valence-electron chi connectivity index (χ0n) is 20.8. The number of sulfone groups is 1. The predicted octanol–water partition coefficient (Wildman–Crippen LogP) is 6.76. The summed E-state index contributed by atoms with van der Waals surface area (Å²) in [5.41, 5.74) is -0.331. The highest BCUT2D eigenvalue weighted by Gasteiger charge is 2.42. The second kappa shape index (κ2) is 10.3. The average Bonchev–Trinajstić information content (AvgIpc) is 3.69. The van der Waals surface area contributed by atoms with Gasteiger partial charge in [-0.05, 0) is 73.1 Å². The molecule has 0 unspecified atom stereocenters. The van der Waals surface area contributed by atoms with Gasteiger partial charge in [0.25, 0.3) is 5.56 Å². The monoisotopic (exact) mass is 611 g/mol. The molecule has 0 spiro atoms. The zero-order chi connectivity index (χ0) is 29.1. The molecule has 13 heteroatoms. The van der Waals surface area contributed by atoms with Crippen molar-refractivity contribution in [3.63, 3.8) is 0 Å². The molecule has 5 rings (SSSR count). The van der Waals surface area contributed by atoms with Crippen molar-refractivity contribution >= 4 is 33.0 Å². The Morgan fingerprint density at radius 3 is 2.42 bits per heavy atom. The van der Waals surface area contributed by atoms with Gasteiger partial charge in [0, 0.05) is 29.8 Å². The van der Waals surface area contributed by atoms with Gasteiger partial charge in [-0.1, -0.05) is 29.3 Å². The van der Waals surface area contributed by atoms with E-state index in [0.29, 0.717) is 28.8 Å². The number of alkyl halides is 2. The van der Waals surface area contributed by atoms with Crippen LogP contribution in [-0.2, 0) is 9.84 Å². The van der Waals surface area contributed by atoms with Crippen molar-refractivity contribution in [1.29, 1.82) is 0 Å². The Hall–Kier alpha value is -3.28. The maximum Gasteiger partial charge on any atom is 0.341 e. The average molecular weight is 612 g/mol. The first kappa shape index (κ1) is 28.3. The Morgan fingerprint density at radius 2 is 1.75 bits per heavy atom. The maximum absolute atomic E-state index is 16.0. The van der Waals surface area contributed by atoms with Crippen molar-refractivity contribution in [2.75, 3.05) is 0 Å². The maximum atomic E-state index is 16.0. The Kier molecular flexibility index (Phi) is 7.26. The second-order valence-electron chi connectivity index (χ2n) is 9.46. The van der Waals surface area contributed by atoms with Gasteiger partial charge in [0.05, 0.1) is 10.7 Å². The van der Waals surface area contributed by atoms with Gasteiger partial charge < -0.3 is 0 Å². The summed E-state index contributed by atoms with van der Waals surface area (Å²) >= 11 is 12.6. The molecule has 0 saturated heterocycles. The third-order valence-electron chi connectivity index (χ3n) is 6.87. The van der Waals surface area contributed by atoms with Crippen LogP contribution in [0.4, 0.5) is 17.6 Å². The molecule has 40 heavy (non-hydrogen) atoms. The minimum absolute atomic E-state index is 0.0455. The van der Waals surface area contributed by atoms with E-state index in [-0.39, 0.29) is 28.1 Å². The van der Waals surface area contributed by atoms with Crippen LogP contribution >= 0.6 is 23.2 Å². The first-order valence-corrected chi connectivity index (χ1v) is 14.1.